The minimum absolute atomic E-state index is 0.614. The molecule has 0 aliphatic carbocycles. The zero-order chi connectivity index (χ0) is 13.0. The fourth-order valence-corrected chi connectivity index (χ4v) is 1.81. The lowest BCUT2D eigenvalue weighted by atomic mass is 10.1. The molecule has 94 valence electrons. The van der Waals surface area contributed by atoms with Crippen molar-refractivity contribution in [1.29, 1.82) is 0 Å². The number of hydrogen-bond acceptors (Lipinski definition) is 3. The molecule has 0 radical (unpaired) electrons. The van der Waals surface area contributed by atoms with Crippen LogP contribution in [0.2, 0.25) is 0 Å². The van der Waals surface area contributed by atoms with Crippen LogP contribution in [-0.2, 0) is 6.42 Å². The van der Waals surface area contributed by atoms with Crippen LogP contribution in [0.4, 0.5) is 0 Å². The van der Waals surface area contributed by atoms with Gasteiger partial charge in [-0.3, -0.25) is 0 Å². The molecule has 0 fully saturated rings. The smallest absolute Gasteiger partial charge is 0.219 e. The normalized spacial score (nSPS) is 10.4. The van der Waals surface area contributed by atoms with Crippen LogP contribution >= 0.6 is 0 Å². The Kier molecular flexibility index (Phi) is 3.95. The third-order valence-electron chi connectivity index (χ3n) is 2.78. The minimum Gasteiger partial charge on any atom is -0.439 e. The van der Waals surface area contributed by atoms with Crippen LogP contribution in [0.5, 0.6) is 11.6 Å². The lowest BCUT2D eigenvalue weighted by Crippen LogP contribution is -2.02. The van der Waals surface area contributed by atoms with Crippen LogP contribution in [0.15, 0.2) is 36.5 Å². The van der Waals surface area contributed by atoms with Crippen molar-refractivity contribution in [2.24, 2.45) is 5.73 Å². The fourth-order valence-electron chi connectivity index (χ4n) is 1.81. The maximum absolute atomic E-state index is 5.75. The highest BCUT2D eigenvalue weighted by Crippen LogP contribution is 2.24. The van der Waals surface area contributed by atoms with Gasteiger partial charge in [-0.05, 0) is 44.0 Å². The van der Waals surface area contributed by atoms with Crippen LogP contribution in [0.25, 0.3) is 0 Å². The Labute approximate surface area is 108 Å². The number of ether oxygens (including phenoxy) is 1. The second kappa shape index (κ2) is 5.65. The summed E-state index contributed by atoms with van der Waals surface area (Å²) in [6.45, 7) is 4.74. The molecule has 1 heterocycles. The number of aromatic nitrogens is 1. The van der Waals surface area contributed by atoms with Crippen molar-refractivity contribution < 1.29 is 4.74 Å². The molecule has 0 amide bonds. The highest BCUT2D eigenvalue weighted by atomic mass is 16.5. The van der Waals surface area contributed by atoms with Gasteiger partial charge in [-0.15, -0.1) is 0 Å². The zero-order valence-corrected chi connectivity index (χ0v) is 10.8. The molecule has 0 saturated carbocycles. The molecule has 0 atom stereocenters. The van der Waals surface area contributed by atoms with Crippen molar-refractivity contribution in [3.63, 3.8) is 0 Å². The quantitative estimate of drug-likeness (QED) is 0.896. The number of pyridine rings is 1. The molecule has 2 N–H and O–H groups in total. The molecule has 2 rings (SSSR count). The van der Waals surface area contributed by atoms with Crippen molar-refractivity contribution in [3.05, 3.63) is 53.2 Å². The second-order valence-corrected chi connectivity index (χ2v) is 4.41. The summed E-state index contributed by atoms with van der Waals surface area (Å²) in [6, 6.07) is 9.98. The van der Waals surface area contributed by atoms with Gasteiger partial charge in [-0.2, -0.15) is 0 Å². The van der Waals surface area contributed by atoms with Crippen LogP contribution in [-0.4, -0.2) is 11.5 Å². The van der Waals surface area contributed by atoms with E-state index in [2.05, 4.69) is 18.0 Å². The highest BCUT2D eigenvalue weighted by Gasteiger charge is 2.02. The van der Waals surface area contributed by atoms with Gasteiger partial charge in [0.15, 0.2) is 0 Å². The van der Waals surface area contributed by atoms with Gasteiger partial charge in [-0.25, -0.2) is 4.98 Å². The van der Waals surface area contributed by atoms with Gasteiger partial charge in [0, 0.05) is 12.3 Å². The monoisotopic (exact) mass is 242 g/mol. The predicted octanol–water partition coefficient (Wildman–Crippen LogP) is 2.99. The minimum atomic E-state index is 0.614. The van der Waals surface area contributed by atoms with Crippen LogP contribution in [0, 0.1) is 13.8 Å². The van der Waals surface area contributed by atoms with E-state index in [-0.39, 0.29) is 0 Å². The molecule has 1 aromatic carbocycles. The lowest BCUT2D eigenvalue weighted by Gasteiger charge is -2.08. The van der Waals surface area contributed by atoms with E-state index in [1.54, 1.807) is 0 Å². The Bertz CT molecular complexity index is 521. The first-order chi connectivity index (χ1) is 8.69. The molecule has 2 aromatic rings. The van der Waals surface area contributed by atoms with Crippen LogP contribution < -0.4 is 10.5 Å². The number of rotatable bonds is 4. The summed E-state index contributed by atoms with van der Waals surface area (Å²) in [5.41, 5.74) is 8.97. The zero-order valence-electron chi connectivity index (χ0n) is 10.8. The number of benzene rings is 1. The summed E-state index contributed by atoms with van der Waals surface area (Å²) in [5.74, 6) is 1.46. The fraction of sp³-hybridized carbons (Fsp3) is 0.267. The van der Waals surface area contributed by atoms with Crippen LogP contribution in [0.1, 0.15) is 16.7 Å². The number of hydrogen-bond donors (Lipinski definition) is 1. The summed E-state index contributed by atoms with van der Waals surface area (Å²) < 4.78 is 5.75. The topological polar surface area (TPSA) is 48.1 Å². The molecule has 3 nitrogen and oxygen atoms in total. The van der Waals surface area contributed by atoms with Gasteiger partial charge in [-0.1, -0.05) is 23.8 Å². The van der Waals surface area contributed by atoms with Gasteiger partial charge in [0.1, 0.15) is 5.75 Å². The molecule has 3 heteroatoms. The molecule has 0 unspecified atom stereocenters. The van der Waals surface area contributed by atoms with Crippen molar-refractivity contribution >= 4 is 0 Å². The lowest BCUT2D eigenvalue weighted by molar-refractivity contribution is 0.459. The molecule has 0 spiro atoms. The highest BCUT2D eigenvalue weighted by molar-refractivity contribution is 5.38. The Morgan fingerprint density at radius 1 is 1.17 bits per heavy atom. The standard InChI is InChI=1S/C15H18N2O/c1-11-3-5-14(12(2)9-11)18-15-6-4-13(7-8-16)10-17-15/h3-6,9-10H,7-8,16H2,1-2H3. The molecular weight excluding hydrogens is 224 g/mol. The van der Waals surface area contributed by atoms with E-state index >= 15 is 0 Å². The van der Waals surface area contributed by atoms with Gasteiger partial charge in [0.25, 0.3) is 0 Å². The maximum atomic E-state index is 5.75. The summed E-state index contributed by atoms with van der Waals surface area (Å²) >= 11 is 0. The van der Waals surface area contributed by atoms with Gasteiger partial charge >= 0.3 is 0 Å². The van der Waals surface area contributed by atoms with E-state index in [0.29, 0.717) is 12.4 Å². The molecule has 1 aromatic heterocycles. The van der Waals surface area contributed by atoms with E-state index in [4.69, 9.17) is 10.5 Å². The third kappa shape index (κ3) is 3.08. The summed E-state index contributed by atoms with van der Waals surface area (Å²) in [4.78, 5) is 4.28. The van der Waals surface area contributed by atoms with Gasteiger partial charge < -0.3 is 10.5 Å². The average molecular weight is 242 g/mol. The number of nitrogens with two attached hydrogens (primary N) is 1. The predicted molar refractivity (Wildman–Crippen MR) is 73.0 cm³/mol. The Morgan fingerprint density at radius 3 is 2.61 bits per heavy atom. The van der Waals surface area contributed by atoms with E-state index in [9.17, 15) is 0 Å². The first-order valence-electron chi connectivity index (χ1n) is 6.09. The largest absolute Gasteiger partial charge is 0.439 e. The van der Waals surface area contributed by atoms with E-state index < -0.39 is 0 Å². The van der Waals surface area contributed by atoms with Crippen molar-refractivity contribution in [3.8, 4) is 11.6 Å². The van der Waals surface area contributed by atoms with Gasteiger partial charge in [0.05, 0.1) is 0 Å². The molecule has 0 bridgehead atoms. The summed E-state index contributed by atoms with van der Waals surface area (Å²) in [6.07, 6.45) is 2.66. The van der Waals surface area contributed by atoms with E-state index in [1.807, 2.05) is 37.4 Å². The average Bonchev–Trinajstić information content (AvgIpc) is 2.35. The molecule has 0 aliphatic rings. The molecule has 0 aliphatic heterocycles. The first-order valence-corrected chi connectivity index (χ1v) is 6.09. The van der Waals surface area contributed by atoms with Crippen molar-refractivity contribution in [2.75, 3.05) is 6.54 Å². The molecular formula is C15H18N2O. The Balaban J connectivity index is 2.13. The molecule has 0 saturated heterocycles. The van der Waals surface area contributed by atoms with Crippen molar-refractivity contribution in [1.82, 2.24) is 4.98 Å². The third-order valence-corrected chi connectivity index (χ3v) is 2.78. The summed E-state index contributed by atoms with van der Waals surface area (Å²) in [7, 11) is 0. The maximum Gasteiger partial charge on any atom is 0.219 e. The van der Waals surface area contributed by atoms with E-state index in [1.165, 1.54) is 5.56 Å². The van der Waals surface area contributed by atoms with Gasteiger partial charge in [0.2, 0.25) is 5.88 Å². The Morgan fingerprint density at radius 2 is 2.00 bits per heavy atom. The number of aryl methyl sites for hydroxylation is 2. The summed E-state index contributed by atoms with van der Waals surface area (Å²) in [5, 5.41) is 0. The Hall–Kier alpha value is -1.87. The SMILES string of the molecule is Cc1ccc(Oc2ccc(CCN)cn2)c(C)c1. The van der Waals surface area contributed by atoms with Crippen LogP contribution in [0.3, 0.4) is 0 Å². The molecule has 18 heavy (non-hydrogen) atoms. The second-order valence-electron chi connectivity index (χ2n) is 4.41. The van der Waals surface area contributed by atoms with E-state index in [0.717, 1.165) is 23.3 Å². The van der Waals surface area contributed by atoms with Crippen molar-refractivity contribution in [2.45, 2.75) is 20.3 Å². The number of nitrogens with zero attached hydrogens (tertiary/aromatic N) is 1. The first kappa shape index (κ1) is 12.6.